The first-order chi connectivity index (χ1) is 16.2. The summed E-state index contributed by atoms with van der Waals surface area (Å²) in [6.07, 6.45) is -0.504. The Kier molecular flexibility index (Phi) is 6.57. The molecule has 0 spiro atoms. The lowest BCUT2D eigenvalue weighted by Crippen LogP contribution is -2.24. The Balaban J connectivity index is 1.55. The molecule has 1 amide bonds. The van der Waals surface area contributed by atoms with Gasteiger partial charge in [-0.25, -0.2) is 4.79 Å². The van der Waals surface area contributed by atoms with Gasteiger partial charge in [0.2, 0.25) is 0 Å². The van der Waals surface area contributed by atoms with Crippen LogP contribution in [0.4, 0.5) is 10.6 Å². The lowest BCUT2D eigenvalue weighted by Gasteiger charge is -2.15. The molecule has 4 rings (SSSR count). The van der Waals surface area contributed by atoms with Crippen LogP contribution >= 0.6 is 0 Å². The van der Waals surface area contributed by atoms with Gasteiger partial charge in [-0.05, 0) is 31.2 Å². The number of benzene rings is 2. The Bertz CT molecular complexity index is 1360. The number of ether oxygens (including phenoxy) is 1. The first kappa shape index (κ1) is 23.3. The number of anilines is 1. The van der Waals surface area contributed by atoms with Crippen LogP contribution < -0.4 is 5.32 Å². The molecule has 0 atom stereocenters. The summed E-state index contributed by atoms with van der Waals surface area (Å²) in [5.74, 6) is 1.17. The second-order valence-corrected chi connectivity index (χ2v) is 15.2. The van der Waals surface area contributed by atoms with Gasteiger partial charge in [0, 0.05) is 36.3 Å². The van der Waals surface area contributed by atoms with E-state index in [1.807, 2.05) is 55.5 Å². The van der Waals surface area contributed by atoms with Crippen LogP contribution in [-0.2, 0) is 11.3 Å². The molecular weight excluding hydrogens is 444 g/mol. The summed E-state index contributed by atoms with van der Waals surface area (Å²) in [6, 6.07) is 20.4. The molecule has 0 aliphatic carbocycles. The highest BCUT2D eigenvalue weighted by Gasteiger charge is 2.16. The van der Waals surface area contributed by atoms with Crippen molar-refractivity contribution in [1.82, 2.24) is 9.78 Å². The Morgan fingerprint density at radius 3 is 2.65 bits per heavy atom. The Labute approximate surface area is 200 Å². The number of rotatable bonds is 7. The van der Waals surface area contributed by atoms with Gasteiger partial charge in [-0.2, -0.15) is 10.4 Å². The van der Waals surface area contributed by atoms with Crippen molar-refractivity contribution in [2.75, 3.05) is 11.9 Å². The van der Waals surface area contributed by atoms with Gasteiger partial charge in [-0.15, -0.1) is 0 Å². The van der Waals surface area contributed by atoms with Crippen LogP contribution in [0.15, 0.2) is 59.0 Å². The van der Waals surface area contributed by atoms with Crippen molar-refractivity contribution in [3.8, 4) is 17.4 Å². The third-order valence-corrected chi connectivity index (χ3v) is 7.20. The topological polar surface area (TPSA) is 93.1 Å². The number of aryl methyl sites for hydroxylation is 1. The van der Waals surface area contributed by atoms with Crippen LogP contribution in [-0.4, -0.2) is 30.6 Å². The lowest BCUT2D eigenvalue weighted by atomic mass is 10.1. The van der Waals surface area contributed by atoms with Crippen LogP contribution in [0.2, 0.25) is 25.7 Å². The molecule has 0 aliphatic heterocycles. The van der Waals surface area contributed by atoms with E-state index >= 15 is 0 Å². The van der Waals surface area contributed by atoms with Gasteiger partial charge in [0.05, 0.1) is 24.8 Å². The average molecular weight is 473 g/mol. The minimum absolute atomic E-state index is 0.395. The van der Waals surface area contributed by atoms with E-state index in [4.69, 9.17) is 9.15 Å². The zero-order valence-electron chi connectivity index (χ0n) is 19.9. The van der Waals surface area contributed by atoms with Crippen LogP contribution in [0.1, 0.15) is 16.8 Å². The van der Waals surface area contributed by atoms with Gasteiger partial charge in [-0.1, -0.05) is 50.0 Å². The van der Waals surface area contributed by atoms with Crippen LogP contribution in [0.3, 0.4) is 0 Å². The van der Waals surface area contributed by atoms with Gasteiger partial charge < -0.3 is 9.15 Å². The van der Waals surface area contributed by atoms with E-state index in [1.54, 1.807) is 10.7 Å². The molecule has 7 nitrogen and oxygen atoms in total. The van der Waals surface area contributed by atoms with E-state index < -0.39 is 14.2 Å². The monoisotopic (exact) mass is 472 g/mol. The maximum Gasteiger partial charge on any atom is 0.412 e. The minimum Gasteiger partial charge on any atom is -0.456 e. The predicted octanol–water partition coefficient (Wildman–Crippen LogP) is 6.41. The number of hydrogen-bond acceptors (Lipinski definition) is 5. The molecule has 1 N–H and O–H groups in total. The third kappa shape index (κ3) is 5.56. The van der Waals surface area contributed by atoms with Gasteiger partial charge >= 0.3 is 6.09 Å². The highest BCUT2D eigenvalue weighted by Crippen LogP contribution is 2.31. The van der Waals surface area contributed by atoms with Crippen LogP contribution in [0.25, 0.3) is 22.3 Å². The predicted molar refractivity (Wildman–Crippen MR) is 136 cm³/mol. The van der Waals surface area contributed by atoms with Crippen LogP contribution in [0, 0.1) is 18.3 Å². The number of nitriles is 1. The summed E-state index contributed by atoms with van der Waals surface area (Å²) in [7, 11) is -1.27. The summed E-state index contributed by atoms with van der Waals surface area (Å²) in [5, 5.41) is 17.6. The van der Waals surface area contributed by atoms with E-state index in [2.05, 4.69) is 36.1 Å². The molecule has 4 aromatic rings. The Hall–Kier alpha value is -3.83. The quantitative estimate of drug-likeness (QED) is 0.314. The van der Waals surface area contributed by atoms with Crippen molar-refractivity contribution in [2.45, 2.75) is 39.2 Å². The molecular formula is C26H28N4O3Si. The number of nitrogens with one attached hydrogen (secondary N) is 1. The van der Waals surface area contributed by atoms with E-state index in [-0.39, 0.29) is 0 Å². The van der Waals surface area contributed by atoms with Gasteiger partial charge in [0.15, 0.2) is 5.82 Å². The van der Waals surface area contributed by atoms with Crippen molar-refractivity contribution in [3.05, 3.63) is 71.4 Å². The molecule has 8 heteroatoms. The molecule has 0 saturated carbocycles. The highest BCUT2D eigenvalue weighted by molar-refractivity contribution is 6.76. The van der Waals surface area contributed by atoms with Gasteiger partial charge in [-0.3, -0.25) is 10.00 Å². The lowest BCUT2D eigenvalue weighted by molar-refractivity contribution is 0.167. The number of carbonyl (C=O) groups is 1. The highest BCUT2D eigenvalue weighted by atomic mass is 28.3. The molecule has 2 aromatic heterocycles. The Morgan fingerprint density at radius 1 is 1.18 bits per heavy atom. The number of furan rings is 1. The van der Waals surface area contributed by atoms with E-state index in [0.717, 1.165) is 34.0 Å². The van der Waals surface area contributed by atoms with Crippen molar-refractivity contribution < 1.29 is 13.9 Å². The fraction of sp³-hybridized carbons (Fsp3) is 0.269. The SMILES string of the molecule is Cc1cc(NC(=O)OCC[Si](C)(C)C)nn1Cc1cc(C#N)cc2cc(-c3ccccc3)oc12. The number of hydrogen-bond donors (Lipinski definition) is 1. The number of fused-ring (bicyclic) bond motifs is 1. The maximum absolute atomic E-state index is 12.2. The first-order valence-corrected chi connectivity index (χ1v) is 14.9. The van der Waals surface area contributed by atoms with Gasteiger partial charge in [0.1, 0.15) is 11.3 Å². The zero-order chi connectivity index (χ0) is 24.3. The molecule has 0 radical (unpaired) electrons. The van der Waals surface area contributed by atoms with Crippen LogP contribution in [0.5, 0.6) is 0 Å². The Morgan fingerprint density at radius 2 is 1.94 bits per heavy atom. The summed E-state index contributed by atoms with van der Waals surface area (Å²) in [4.78, 5) is 12.2. The molecule has 0 unspecified atom stereocenters. The summed E-state index contributed by atoms with van der Waals surface area (Å²) in [5.41, 5.74) is 3.94. The average Bonchev–Trinajstić information content (AvgIpc) is 3.36. The molecule has 0 aliphatic rings. The normalized spacial score (nSPS) is 11.4. The number of amides is 1. The summed E-state index contributed by atoms with van der Waals surface area (Å²) < 4.78 is 13.3. The van der Waals surface area contributed by atoms with E-state index in [9.17, 15) is 10.1 Å². The van der Waals surface area contributed by atoms with Crippen molar-refractivity contribution >= 4 is 31.0 Å². The molecule has 2 aromatic carbocycles. The molecule has 34 heavy (non-hydrogen) atoms. The summed E-state index contributed by atoms with van der Waals surface area (Å²) >= 11 is 0. The van der Waals surface area contributed by atoms with E-state index in [0.29, 0.717) is 30.1 Å². The molecule has 0 saturated heterocycles. The molecule has 174 valence electrons. The van der Waals surface area contributed by atoms with Crippen molar-refractivity contribution in [1.29, 1.82) is 5.26 Å². The summed E-state index contributed by atoms with van der Waals surface area (Å²) in [6.45, 7) is 9.42. The fourth-order valence-corrected chi connectivity index (χ4v) is 4.35. The van der Waals surface area contributed by atoms with Gasteiger partial charge in [0.25, 0.3) is 0 Å². The second-order valence-electron chi connectivity index (χ2n) is 9.54. The largest absolute Gasteiger partial charge is 0.456 e. The second kappa shape index (κ2) is 9.57. The smallest absolute Gasteiger partial charge is 0.412 e. The number of nitrogens with zero attached hydrogens (tertiary/aromatic N) is 3. The molecule has 0 bridgehead atoms. The maximum atomic E-state index is 12.2. The third-order valence-electron chi connectivity index (χ3n) is 5.50. The van der Waals surface area contributed by atoms with Crippen molar-refractivity contribution in [3.63, 3.8) is 0 Å². The fourth-order valence-electron chi connectivity index (χ4n) is 3.64. The van der Waals surface area contributed by atoms with E-state index in [1.165, 1.54) is 0 Å². The first-order valence-electron chi connectivity index (χ1n) is 11.2. The molecule has 0 fully saturated rings. The minimum atomic E-state index is -1.27. The standard InChI is InChI=1S/C26H28N4O3Si/c1-18-12-24(28-26(31)32-10-11-34(2,3)4)29-30(18)17-22-14-19(16-27)13-21-15-23(33-25(21)22)20-8-6-5-7-9-20/h5-9,12-15H,10-11,17H2,1-4H3,(H,28,29,31). The zero-order valence-corrected chi connectivity index (χ0v) is 20.9. The molecule has 2 heterocycles. The van der Waals surface area contributed by atoms with Crippen molar-refractivity contribution in [2.24, 2.45) is 0 Å². The number of carbonyl (C=O) groups excluding carboxylic acids is 1. The number of aromatic nitrogens is 2.